The summed E-state index contributed by atoms with van der Waals surface area (Å²) in [7, 11) is 0. The summed E-state index contributed by atoms with van der Waals surface area (Å²) in [6.07, 6.45) is 2.18. The first-order chi connectivity index (χ1) is 8.08. The van der Waals surface area contributed by atoms with Crippen molar-refractivity contribution in [2.24, 2.45) is 0 Å². The van der Waals surface area contributed by atoms with Crippen LogP contribution >= 0.6 is 0 Å². The second kappa shape index (κ2) is 5.19. The molecule has 0 spiro atoms. The van der Waals surface area contributed by atoms with Gasteiger partial charge in [-0.25, -0.2) is 0 Å². The SMILES string of the molecule is Cc1ccc(C(O)CN2CCCC2C)c(C)c1. The molecule has 1 N–H and O–H groups in total. The minimum absolute atomic E-state index is 0.351. The van der Waals surface area contributed by atoms with Crippen LogP contribution < -0.4 is 0 Å². The van der Waals surface area contributed by atoms with Gasteiger partial charge in [0.05, 0.1) is 6.10 Å². The lowest BCUT2D eigenvalue weighted by Gasteiger charge is -2.25. The topological polar surface area (TPSA) is 23.5 Å². The van der Waals surface area contributed by atoms with Crippen LogP contribution in [-0.4, -0.2) is 29.1 Å². The molecule has 1 saturated heterocycles. The van der Waals surface area contributed by atoms with Crippen molar-refractivity contribution in [1.82, 2.24) is 4.90 Å². The molecule has 1 heterocycles. The van der Waals surface area contributed by atoms with Crippen molar-refractivity contribution in [3.63, 3.8) is 0 Å². The van der Waals surface area contributed by atoms with Gasteiger partial charge >= 0.3 is 0 Å². The fourth-order valence-electron chi connectivity index (χ4n) is 2.78. The summed E-state index contributed by atoms with van der Waals surface area (Å²) in [6.45, 7) is 8.32. The molecule has 2 nitrogen and oxygen atoms in total. The summed E-state index contributed by atoms with van der Waals surface area (Å²) in [6, 6.07) is 6.91. The van der Waals surface area contributed by atoms with E-state index in [0.29, 0.717) is 6.04 Å². The summed E-state index contributed by atoms with van der Waals surface area (Å²) in [5.74, 6) is 0. The van der Waals surface area contributed by atoms with Crippen molar-refractivity contribution in [2.75, 3.05) is 13.1 Å². The molecule has 2 atom stereocenters. The zero-order valence-electron chi connectivity index (χ0n) is 11.1. The third-order valence-corrected chi connectivity index (χ3v) is 3.88. The van der Waals surface area contributed by atoms with Crippen molar-refractivity contribution in [2.45, 2.75) is 45.8 Å². The van der Waals surface area contributed by atoms with Gasteiger partial charge in [0.25, 0.3) is 0 Å². The zero-order valence-corrected chi connectivity index (χ0v) is 11.1. The van der Waals surface area contributed by atoms with Crippen molar-refractivity contribution in [1.29, 1.82) is 0 Å². The lowest BCUT2D eigenvalue weighted by Crippen LogP contribution is -2.31. The van der Waals surface area contributed by atoms with Crippen molar-refractivity contribution in [3.05, 3.63) is 34.9 Å². The summed E-state index contributed by atoms with van der Waals surface area (Å²) < 4.78 is 0. The van der Waals surface area contributed by atoms with Gasteiger partial charge in [-0.05, 0) is 51.3 Å². The van der Waals surface area contributed by atoms with E-state index in [0.717, 1.165) is 18.7 Å². The molecule has 1 aliphatic rings. The highest BCUT2D eigenvalue weighted by Gasteiger charge is 2.23. The van der Waals surface area contributed by atoms with Gasteiger partial charge in [0.2, 0.25) is 0 Å². The van der Waals surface area contributed by atoms with Gasteiger partial charge in [-0.1, -0.05) is 23.8 Å². The van der Waals surface area contributed by atoms with E-state index < -0.39 is 0 Å². The van der Waals surface area contributed by atoms with Crippen LogP contribution in [0.25, 0.3) is 0 Å². The molecule has 2 rings (SSSR count). The first kappa shape index (κ1) is 12.6. The number of hydrogen-bond acceptors (Lipinski definition) is 2. The van der Waals surface area contributed by atoms with Crippen LogP contribution in [0.1, 0.15) is 42.6 Å². The molecule has 0 aromatic heterocycles. The Hall–Kier alpha value is -0.860. The highest BCUT2D eigenvalue weighted by Crippen LogP contribution is 2.24. The summed E-state index contributed by atoms with van der Waals surface area (Å²) in [4.78, 5) is 2.39. The molecule has 2 heteroatoms. The first-order valence-electron chi connectivity index (χ1n) is 6.57. The largest absolute Gasteiger partial charge is 0.387 e. The Bertz CT molecular complexity index is 389. The molecular formula is C15H23NO. The average Bonchev–Trinajstić information content (AvgIpc) is 2.64. The maximum absolute atomic E-state index is 10.3. The Kier molecular flexibility index (Phi) is 3.85. The van der Waals surface area contributed by atoms with E-state index in [-0.39, 0.29) is 6.10 Å². The van der Waals surface area contributed by atoms with Gasteiger partial charge < -0.3 is 5.11 Å². The number of aliphatic hydroxyl groups is 1. The fraction of sp³-hybridized carbons (Fsp3) is 0.600. The number of aliphatic hydroxyl groups excluding tert-OH is 1. The van der Waals surface area contributed by atoms with Gasteiger partial charge in [0.15, 0.2) is 0 Å². The highest BCUT2D eigenvalue weighted by atomic mass is 16.3. The minimum atomic E-state index is -0.351. The molecule has 17 heavy (non-hydrogen) atoms. The standard InChI is InChI=1S/C15H23NO/c1-11-6-7-14(12(2)9-11)15(17)10-16-8-4-5-13(16)3/h6-7,9,13,15,17H,4-5,8,10H2,1-3H3. The number of β-amino-alcohol motifs (C(OH)–C–C–N with tert-alkyl or cyclic N) is 1. The molecule has 1 aromatic rings. The van der Waals surface area contributed by atoms with Crippen molar-refractivity contribution < 1.29 is 5.11 Å². The zero-order chi connectivity index (χ0) is 12.4. The summed E-state index contributed by atoms with van der Waals surface area (Å²) in [5.41, 5.74) is 3.53. The van der Waals surface area contributed by atoms with Crippen LogP contribution in [0.2, 0.25) is 0 Å². The molecule has 1 aliphatic heterocycles. The maximum atomic E-state index is 10.3. The molecule has 1 fully saturated rings. The summed E-state index contributed by atoms with van der Waals surface area (Å²) in [5, 5.41) is 10.3. The Morgan fingerprint density at radius 2 is 2.18 bits per heavy atom. The number of likely N-dealkylation sites (tertiary alicyclic amines) is 1. The predicted molar refractivity (Wildman–Crippen MR) is 71.1 cm³/mol. The van der Waals surface area contributed by atoms with Crippen LogP contribution in [0.3, 0.4) is 0 Å². The van der Waals surface area contributed by atoms with E-state index in [1.807, 2.05) is 0 Å². The molecule has 0 saturated carbocycles. The molecule has 2 unspecified atom stereocenters. The van der Waals surface area contributed by atoms with E-state index >= 15 is 0 Å². The second-order valence-electron chi connectivity index (χ2n) is 5.36. The monoisotopic (exact) mass is 233 g/mol. The number of rotatable bonds is 3. The van der Waals surface area contributed by atoms with Gasteiger partial charge in [0.1, 0.15) is 0 Å². The third-order valence-electron chi connectivity index (χ3n) is 3.88. The number of benzene rings is 1. The molecular weight excluding hydrogens is 210 g/mol. The van der Waals surface area contributed by atoms with E-state index in [1.54, 1.807) is 0 Å². The molecule has 0 amide bonds. The lowest BCUT2D eigenvalue weighted by molar-refractivity contribution is 0.109. The van der Waals surface area contributed by atoms with Crippen LogP contribution in [-0.2, 0) is 0 Å². The van der Waals surface area contributed by atoms with Gasteiger partial charge in [-0.3, -0.25) is 4.90 Å². The van der Waals surface area contributed by atoms with E-state index in [2.05, 4.69) is 43.9 Å². The van der Waals surface area contributed by atoms with Crippen molar-refractivity contribution in [3.8, 4) is 0 Å². The van der Waals surface area contributed by atoms with E-state index in [9.17, 15) is 5.11 Å². The van der Waals surface area contributed by atoms with Gasteiger partial charge in [0, 0.05) is 12.6 Å². The predicted octanol–water partition coefficient (Wildman–Crippen LogP) is 2.82. The quantitative estimate of drug-likeness (QED) is 0.867. The lowest BCUT2D eigenvalue weighted by atomic mass is 10.0. The number of hydrogen-bond donors (Lipinski definition) is 1. The Balaban J connectivity index is 2.06. The molecule has 1 aromatic carbocycles. The van der Waals surface area contributed by atoms with Crippen LogP contribution in [0.5, 0.6) is 0 Å². The van der Waals surface area contributed by atoms with Crippen LogP contribution in [0.4, 0.5) is 0 Å². The van der Waals surface area contributed by atoms with E-state index in [4.69, 9.17) is 0 Å². The van der Waals surface area contributed by atoms with Gasteiger partial charge in [-0.2, -0.15) is 0 Å². The average molecular weight is 233 g/mol. The first-order valence-corrected chi connectivity index (χ1v) is 6.57. The summed E-state index contributed by atoms with van der Waals surface area (Å²) >= 11 is 0. The number of nitrogens with zero attached hydrogens (tertiary/aromatic N) is 1. The third kappa shape index (κ3) is 2.88. The molecule has 0 aliphatic carbocycles. The fourth-order valence-corrected chi connectivity index (χ4v) is 2.78. The second-order valence-corrected chi connectivity index (χ2v) is 5.36. The molecule has 94 valence electrons. The highest BCUT2D eigenvalue weighted by molar-refractivity contribution is 5.32. The van der Waals surface area contributed by atoms with Crippen LogP contribution in [0.15, 0.2) is 18.2 Å². The van der Waals surface area contributed by atoms with Gasteiger partial charge in [-0.15, -0.1) is 0 Å². The molecule has 0 radical (unpaired) electrons. The molecule has 0 bridgehead atoms. The smallest absolute Gasteiger partial charge is 0.0919 e. The Morgan fingerprint density at radius 1 is 1.41 bits per heavy atom. The Labute approximate surface area is 104 Å². The van der Waals surface area contributed by atoms with Crippen molar-refractivity contribution >= 4 is 0 Å². The minimum Gasteiger partial charge on any atom is -0.387 e. The van der Waals surface area contributed by atoms with Crippen LogP contribution in [0, 0.1) is 13.8 Å². The normalized spacial score (nSPS) is 22.9. The number of aryl methyl sites for hydroxylation is 2. The maximum Gasteiger partial charge on any atom is 0.0919 e. The Morgan fingerprint density at radius 3 is 2.76 bits per heavy atom. The van der Waals surface area contributed by atoms with E-state index in [1.165, 1.54) is 24.0 Å².